The number of alkyl halides is 3. The number of likely N-dealkylation sites (tertiary alicyclic amines) is 1. The number of rotatable bonds is 3. The van der Waals surface area contributed by atoms with Gasteiger partial charge >= 0.3 is 12.2 Å². The Morgan fingerprint density at radius 1 is 1.44 bits per heavy atom. The molecule has 2 amide bonds. The minimum Gasteiger partial charge on any atom is -0.345 e. The van der Waals surface area contributed by atoms with Crippen molar-refractivity contribution in [2.45, 2.75) is 19.5 Å². The third-order valence-corrected chi connectivity index (χ3v) is 4.79. The van der Waals surface area contributed by atoms with Gasteiger partial charge in [0.2, 0.25) is 0 Å². The summed E-state index contributed by atoms with van der Waals surface area (Å²) in [6.07, 6.45) is -0.829. The number of nitrogens with one attached hydrogen (secondary N) is 4. The molecule has 1 aliphatic heterocycles. The smallest absolute Gasteiger partial charge is 0.345 e. The molecule has 4 N–H and O–H groups in total. The first-order chi connectivity index (χ1) is 12.7. The van der Waals surface area contributed by atoms with Gasteiger partial charge in [-0.25, -0.2) is 9.78 Å². The van der Waals surface area contributed by atoms with Crippen molar-refractivity contribution in [3.8, 4) is 0 Å². The molecule has 0 aliphatic carbocycles. The highest BCUT2D eigenvalue weighted by Gasteiger charge is 2.38. The SMILES string of the molecule is CC[C@@H]1CN(C(=O)NCC(F)(F)F)C[C@@H]1C(=N)n1c(=N)cnc2[nH]ccc21. The molecule has 0 radical (unpaired) electrons. The van der Waals surface area contributed by atoms with Gasteiger partial charge in [0.25, 0.3) is 0 Å². The molecule has 0 bridgehead atoms. The van der Waals surface area contributed by atoms with Gasteiger partial charge in [-0.3, -0.25) is 15.4 Å². The Morgan fingerprint density at radius 2 is 2.19 bits per heavy atom. The zero-order valence-electron chi connectivity index (χ0n) is 14.6. The van der Waals surface area contributed by atoms with Gasteiger partial charge in [0, 0.05) is 25.2 Å². The van der Waals surface area contributed by atoms with Crippen molar-refractivity contribution in [3.05, 3.63) is 23.9 Å². The number of hydrogen-bond acceptors (Lipinski definition) is 4. The van der Waals surface area contributed by atoms with Crippen LogP contribution in [-0.2, 0) is 0 Å². The van der Waals surface area contributed by atoms with E-state index in [1.54, 1.807) is 12.3 Å². The second-order valence-electron chi connectivity index (χ2n) is 6.53. The quantitative estimate of drug-likeness (QED) is 0.479. The van der Waals surface area contributed by atoms with Gasteiger partial charge in [-0.2, -0.15) is 13.2 Å². The molecule has 0 spiro atoms. The molecule has 1 fully saturated rings. The number of nitrogens with zero attached hydrogens (tertiary/aromatic N) is 3. The van der Waals surface area contributed by atoms with Crippen molar-refractivity contribution >= 4 is 23.0 Å². The van der Waals surface area contributed by atoms with Gasteiger partial charge < -0.3 is 15.2 Å². The monoisotopic (exact) mass is 383 g/mol. The average Bonchev–Trinajstić information content (AvgIpc) is 3.24. The fourth-order valence-corrected chi connectivity index (χ4v) is 3.42. The van der Waals surface area contributed by atoms with Crippen molar-refractivity contribution in [1.29, 1.82) is 10.8 Å². The Balaban J connectivity index is 1.82. The molecule has 2 aromatic heterocycles. The molecule has 1 saturated heterocycles. The van der Waals surface area contributed by atoms with Crippen LogP contribution < -0.4 is 10.8 Å². The highest BCUT2D eigenvalue weighted by atomic mass is 19.4. The predicted octanol–water partition coefficient (Wildman–Crippen LogP) is 1.90. The van der Waals surface area contributed by atoms with Gasteiger partial charge in [-0.05, 0) is 12.0 Å². The maximum Gasteiger partial charge on any atom is 0.405 e. The Kier molecular flexibility index (Phi) is 4.94. The Labute approximate surface area is 152 Å². The number of hydrogen-bond donors (Lipinski definition) is 4. The maximum absolute atomic E-state index is 12.3. The molecule has 0 aromatic carbocycles. The molecule has 3 rings (SSSR count). The van der Waals surface area contributed by atoms with E-state index in [-0.39, 0.29) is 36.2 Å². The minimum atomic E-state index is -4.47. The van der Waals surface area contributed by atoms with E-state index in [1.165, 1.54) is 15.7 Å². The lowest BCUT2D eigenvalue weighted by atomic mass is 9.92. The number of amides is 2. The summed E-state index contributed by atoms with van der Waals surface area (Å²) < 4.78 is 38.4. The van der Waals surface area contributed by atoms with Gasteiger partial charge in [-0.1, -0.05) is 13.3 Å². The Morgan fingerprint density at radius 3 is 2.85 bits per heavy atom. The van der Waals surface area contributed by atoms with Crippen LogP contribution in [0.2, 0.25) is 0 Å². The van der Waals surface area contributed by atoms with Gasteiger partial charge in [0.05, 0.1) is 11.7 Å². The lowest BCUT2D eigenvalue weighted by Gasteiger charge is -2.20. The maximum atomic E-state index is 12.3. The number of fused-ring (bicyclic) bond motifs is 1. The van der Waals surface area contributed by atoms with E-state index in [4.69, 9.17) is 10.8 Å². The molecule has 2 atom stereocenters. The van der Waals surface area contributed by atoms with E-state index in [2.05, 4.69) is 9.97 Å². The highest BCUT2D eigenvalue weighted by molar-refractivity contribution is 5.92. The summed E-state index contributed by atoms with van der Waals surface area (Å²) in [6, 6.07) is 0.914. The van der Waals surface area contributed by atoms with Crippen LogP contribution in [-0.4, -0.2) is 57.1 Å². The molecule has 146 valence electrons. The van der Waals surface area contributed by atoms with E-state index in [9.17, 15) is 18.0 Å². The largest absolute Gasteiger partial charge is 0.405 e. The number of carbonyl (C=O) groups is 1. The summed E-state index contributed by atoms with van der Waals surface area (Å²) in [5.41, 5.74) is 1.13. The molecule has 0 saturated carbocycles. The number of carbonyl (C=O) groups excluding carboxylic acids is 1. The van der Waals surface area contributed by atoms with Crippen LogP contribution in [0.1, 0.15) is 13.3 Å². The molecule has 1 aliphatic rings. The molecular formula is C16H20F3N7O. The average molecular weight is 383 g/mol. The number of halogens is 3. The van der Waals surface area contributed by atoms with Crippen LogP contribution in [0.4, 0.5) is 18.0 Å². The fourth-order valence-electron chi connectivity index (χ4n) is 3.42. The summed E-state index contributed by atoms with van der Waals surface area (Å²) >= 11 is 0. The molecular weight excluding hydrogens is 363 g/mol. The van der Waals surface area contributed by atoms with Crippen molar-refractivity contribution in [1.82, 2.24) is 24.8 Å². The van der Waals surface area contributed by atoms with Crippen LogP contribution >= 0.6 is 0 Å². The second-order valence-corrected chi connectivity index (χ2v) is 6.53. The van der Waals surface area contributed by atoms with E-state index < -0.39 is 18.8 Å². The number of aromatic nitrogens is 3. The zero-order chi connectivity index (χ0) is 19.8. The number of urea groups is 1. The van der Waals surface area contributed by atoms with E-state index in [1.807, 2.05) is 12.2 Å². The third kappa shape index (κ3) is 3.81. The lowest BCUT2D eigenvalue weighted by Crippen LogP contribution is -2.43. The number of H-pyrrole nitrogens is 1. The van der Waals surface area contributed by atoms with Crippen LogP contribution in [0.25, 0.3) is 11.2 Å². The first kappa shape index (κ1) is 18.9. The van der Waals surface area contributed by atoms with Gasteiger partial charge in [0.15, 0.2) is 5.65 Å². The minimum absolute atomic E-state index is 0.0296. The molecule has 2 aromatic rings. The van der Waals surface area contributed by atoms with Gasteiger partial charge in [-0.15, -0.1) is 0 Å². The van der Waals surface area contributed by atoms with Crippen molar-refractivity contribution in [2.24, 2.45) is 11.8 Å². The topological polar surface area (TPSA) is 114 Å². The van der Waals surface area contributed by atoms with Crippen molar-refractivity contribution in [3.63, 3.8) is 0 Å². The summed E-state index contributed by atoms with van der Waals surface area (Å²) in [5, 5.41) is 18.6. The first-order valence-electron chi connectivity index (χ1n) is 8.49. The highest BCUT2D eigenvalue weighted by Crippen LogP contribution is 2.28. The van der Waals surface area contributed by atoms with E-state index in [0.717, 1.165) is 0 Å². The second kappa shape index (κ2) is 7.05. The predicted molar refractivity (Wildman–Crippen MR) is 91.4 cm³/mol. The Bertz CT molecular complexity index is 917. The lowest BCUT2D eigenvalue weighted by molar-refractivity contribution is -0.123. The first-order valence-corrected chi connectivity index (χ1v) is 8.49. The van der Waals surface area contributed by atoms with E-state index >= 15 is 0 Å². The summed E-state index contributed by atoms with van der Waals surface area (Å²) in [7, 11) is 0. The fraction of sp³-hybridized carbons (Fsp3) is 0.500. The zero-order valence-corrected chi connectivity index (χ0v) is 14.6. The molecule has 3 heterocycles. The normalized spacial score (nSPS) is 20.2. The summed E-state index contributed by atoms with van der Waals surface area (Å²) in [5.74, 6) is -0.339. The van der Waals surface area contributed by atoms with Gasteiger partial charge in [0.1, 0.15) is 17.9 Å². The summed E-state index contributed by atoms with van der Waals surface area (Å²) in [4.78, 5) is 20.4. The molecule has 8 nitrogen and oxygen atoms in total. The molecule has 0 unspecified atom stereocenters. The Hall–Kier alpha value is -2.85. The van der Waals surface area contributed by atoms with E-state index in [0.29, 0.717) is 17.6 Å². The van der Waals surface area contributed by atoms with Crippen LogP contribution in [0, 0.1) is 22.7 Å². The van der Waals surface area contributed by atoms with Crippen LogP contribution in [0.3, 0.4) is 0 Å². The van der Waals surface area contributed by atoms with Crippen LogP contribution in [0.5, 0.6) is 0 Å². The standard InChI is InChI=1S/C16H20F3N7O/c1-2-9-6-25(15(27)24-8-16(17,18)19)7-10(9)13(21)26-11-3-4-22-14(11)23-5-12(26)20/h3-5,9-10,20-22H,2,6-8H2,1H3,(H,24,27)/t9-,10+/m1/s1. The summed E-state index contributed by atoms with van der Waals surface area (Å²) in [6.45, 7) is 0.915. The molecule has 11 heteroatoms. The van der Waals surface area contributed by atoms with Crippen LogP contribution in [0.15, 0.2) is 18.5 Å². The van der Waals surface area contributed by atoms with Crippen molar-refractivity contribution < 1.29 is 18.0 Å². The van der Waals surface area contributed by atoms with Crippen molar-refractivity contribution in [2.75, 3.05) is 19.6 Å². The third-order valence-electron chi connectivity index (χ3n) is 4.79. The molecule has 27 heavy (non-hydrogen) atoms. The number of aromatic amines is 1.